The zero-order valence-electron chi connectivity index (χ0n) is 13.3. The highest BCUT2D eigenvalue weighted by Gasteiger charge is 2.29. The smallest absolute Gasteiger partial charge is 0.354 e. The van der Waals surface area contributed by atoms with Crippen LogP contribution in [0, 0.1) is 5.92 Å². The van der Waals surface area contributed by atoms with Gasteiger partial charge in [0, 0.05) is 13.5 Å². The molecule has 0 aliphatic heterocycles. The third-order valence-electron chi connectivity index (χ3n) is 3.30. The van der Waals surface area contributed by atoms with Crippen molar-refractivity contribution in [2.75, 3.05) is 6.54 Å². The Bertz CT molecular complexity index is 539. The van der Waals surface area contributed by atoms with E-state index >= 15 is 0 Å². The molecular weight excluding hydrogens is 309 g/mol. The van der Waals surface area contributed by atoms with E-state index in [0.29, 0.717) is 12.0 Å². The summed E-state index contributed by atoms with van der Waals surface area (Å²) < 4.78 is 37.4. The largest absolute Gasteiger partial charge is 0.416 e. The van der Waals surface area contributed by atoms with Crippen LogP contribution in [0.2, 0.25) is 0 Å². The number of carbonyl (C=O) groups excluding carboxylic acids is 2. The first-order chi connectivity index (χ1) is 10.6. The third-order valence-corrected chi connectivity index (χ3v) is 3.30. The van der Waals surface area contributed by atoms with Crippen molar-refractivity contribution in [1.82, 2.24) is 10.6 Å². The summed E-state index contributed by atoms with van der Waals surface area (Å²) in [6.07, 6.45) is -3.94. The predicted molar refractivity (Wildman–Crippen MR) is 80.6 cm³/mol. The molecule has 2 N–H and O–H groups in total. The van der Waals surface area contributed by atoms with Crippen LogP contribution in [0.1, 0.15) is 31.9 Å². The van der Waals surface area contributed by atoms with E-state index in [9.17, 15) is 22.8 Å². The van der Waals surface area contributed by atoms with Crippen molar-refractivity contribution in [3.63, 3.8) is 0 Å². The second-order valence-electron chi connectivity index (χ2n) is 5.66. The number of nitrogens with one attached hydrogen (secondary N) is 2. The van der Waals surface area contributed by atoms with Gasteiger partial charge in [-0.2, -0.15) is 13.2 Å². The third kappa shape index (κ3) is 6.30. The van der Waals surface area contributed by atoms with Gasteiger partial charge in [0.25, 0.3) is 0 Å². The monoisotopic (exact) mass is 330 g/mol. The Morgan fingerprint density at radius 2 is 1.70 bits per heavy atom. The molecule has 0 saturated heterocycles. The molecule has 23 heavy (non-hydrogen) atoms. The van der Waals surface area contributed by atoms with Gasteiger partial charge in [0.2, 0.25) is 11.8 Å². The molecule has 1 aromatic carbocycles. The van der Waals surface area contributed by atoms with E-state index in [1.165, 1.54) is 19.1 Å². The Labute approximate surface area is 133 Å². The number of benzene rings is 1. The molecule has 0 radical (unpaired) electrons. The summed E-state index contributed by atoms with van der Waals surface area (Å²) in [7, 11) is 0. The van der Waals surface area contributed by atoms with Crippen LogP contribution < -0.4 is 10.6 Å². The van der Waals surface area contributed by atoms with Gasteiger partial charge in [-0.3, -0.25) is 9.59 Å². The minimum atomic E-state index is -4.35. The molecule has 1 atom stereocenters. The van der Waals surface area contributed by atoms with Crippen LogP contribution in [0.5, 0.6) is 0 Å². The summed E-state index contributed by atoms with van der Waals surface area (Å²) in [6, 6.07) is 4.20. The first-order valence-corrected chi connectivity index (χ1v) is 7.32. The van der Waals surface area contributed by atoms with Crippen molar-refractivity contribution in [1.29, 1.82) is 0 Å². The first-order valence-electron chi connectivity index (χ1n) is 7.32. The summed E-state index contributed by atoms with van der Waals surface area (Å²) in [4.78, 5) is 23.1. The molecule has 0 aliphatic rings. The normalized spacial score (nSPS) is 12.8. The molecule has 128 valence electrons. The van der Waals surface area contributed by atoms with E-state index in [-0.39, 0.29) is 24.3 Å². The number of alkyl halides is 3. The lowest BCUT2D eigenvalue weighted by atomic mass is 10.0. The van der Waals surface area contributed by atoms with E-state index in [1.807, 2.05) is 13.8 Å². The Hall–Kier alpha value is -2.05. The van der Waals surface area contributed by atoms with E-state index in [1.54, 1.807) is 0 Å². The van der Waals surface area contributed by atoms with Crippen molar-refractivity contribution < 1.29 is 22.8 Å². The second-order valence-corrected chi connectivity index (χ2v) is 5.66. The predicted octanol–water partition coefficient (Wildman–Crippen LogP) is 2.52. The van der Waals surface area contributed by atoms with Crippen molar-refractivity contribution >= 4 is 11.8 Å². The topological polar surface area (TPSA) is 58.2 Å². The van der Waals surface area contributed by atoms with E-state index in [2.05, 4.69) is 10.6 Å². The summed E-state index contributed by atoms with van der Waals surface area (Å²) in [5.74, 6) is -0.659. The van der Waals surface area contributed by atoms with Crippen LogP contribution in [0.4, 0.5) is 13.2 Å². The van der Waals surface area contributed by atoms with Crippen LogP contribution in [-0.4, -0.2) is 24.4 Å². The lowest BCUT2D eigenvalue weighted by Gasteiger charge is -2.20. The number of halogens is 3. The minimum absolute atomic E-state index is 0.0648. The van der Waals surface area contributed by atoms with Gasteiger partial charge in [0.05, 0.1) is 5.56 Å². The van der Waals surface area contributed by atoms with Crippen LogP contribution in [0.25, 0.3) is 0 Å². The highest BCUT2D eigenvalue weighted by atomic mass is 19.4. The first kappa shape index (κ1) is 19.0. The Balaban J connectivity index is 2.52. The molecule has 1 rings (SSSR count). The van der Waals surface area contributed by atoms with Crippen LogP contribution in [-0.2, 0) is 22.2 Å². The van der Waals surface area contributed by atoms with Crippen molar-refractivity contribution in [2.45, 2.75) is 39.4 Å². The van der Waals surface area contributed by atoms with Gasteiger partial charge in [0.15, 0.2) is 0 Å². The number of carbonyl (C=O) groups is 2. The number of rotatable bonds is 6. The standard InChI is InChI=1S/C16H21F3N2O2/c1-10(2)14(21-11(3)22)15(23)20-9-8-12-4-6-13(7-5-12)16(17,18)19/h4-7,10,14H,8-9H2,1-3H3,(H,20,23)(H,21,22). The maximum absolute atomic E-state index is 12.5. The quantitative estimate of drug-likeness (QED) is 0.842. The fraction of sp³-hybridized carbons (Fsp3) is 0.500. The van der Waals surface area contributed by atoms with Gasteiger partial charge >= 0.3 is 6.18 Å². The van der Waals surface area contributed by atoms with Gasteiger partial charge < -0.3 is 10.6 Å². The van der Waals surface area contributed by atoms with Gasteiger partial charge in [-0.25, -0.2) is 0 Å². The lowest BCUT2D eigenvalue weighted by Crippen LogP contribution is -2.49. The fourth-order valence-corrected chi connectivity index (χ4v) is 2.05. The maximum Gasteiger partial charge on any atom is 0.416 e. The van der Waals surface area contributed by atoms with Crippen LogP contribution >= 0.6 is 0 Å². The van der Waals surface area contributed by atoms with Crippen LogP contribution in [0.15, 0.2) is 24.3 Å². The van der Waals surface area contributed by atoms with Gasteiger partial charge in [0.1, 0.15) is 6.04 Å². The lowest BCUT2D eigenvalue weighted by molar-refractivity contribution is -0.137. The summed E-state index contributed by atoms with van der Waals surface area (Å²) in [5, 5.41) is 5.26. The second kappa shape index (κ2) is 7.99. The highest BCUT2D eigenvalue weighted by Crippen LogP contribution is 2.29. The Kier molecular flexibility index (Phi) is 6.60. The van der Waals surface area contributed by atoms with Crippen molar-refractivity contribution in [2.24, 2.45) is 5.92 Å². The zero-order chi connectivity index (χ0) is 17.6. The number of hydrogen-bond donors (Lipinski definition) is 2. The number of amides is 2. The molecule has 1 aromatic rings. The molecule has 7 heteroatoms. The Morgan fingerprint density at radius 1 is 1.13 bits per heavy atom. The molecule has 2 amide bonds. The average Bonchev–Trinajstić information content (AvgIpc) is 2.43. The molecular formula is C16H21F3N2O2. The van der Waals surface area contributed by atoms with Crippen molar-refractivity contribution in [3.05, 3.63) is 35.4 Å². The highest BCUT2D eigenvalue weighted by molar-refractivity contribution is 5.87. The van der Waals surface area contributed by atoms with Gasteiger partial charge in [-0.15, -0.1) is 0 Å². The van der Waals surface area contributed by atoms with E-state index in [4.69, 9.17) is 0 Å². The van der Waals surface area contributed by atoms with Crippen LogP contribution in [0.3, 0.4) is 0 Å². The van der Waals surface area contributed by atoms with Gasteiger partial charge in [-0.1, -0.05) is 26.0 Å². The molecule has 0 spiro atoms. The average molecular weight is 330 g/mol. The SMILES string of the molecule is CC(=O)NC(C(=O)NCCc1ccc(C(F)(F)F)cc1)C(C)C. The number of hydrogen-bond acceptors (Lipinski definition) is 2. The molecule has 1 unspecified atom stereocenters. The summed E-state index contributed by atoms with van der Waals surface area (Å²) >= 11 is 0. The summed E-state index contributed by atoms with van der Waals surface area (Å²) in [5.41, 5.74) is -0.00487. The minimum Gasteiger partial charge on any atom is -0.354 e. The molecule has 0 aromatic heterocycles. The molecule has 0 bridgehead atoms. The van der Waals surface area contributed by atoms with Gasteiger partial charge in [-0.05, 0) is 30.0 Å². The molecule has 0 heterocycles. The molecule has 0 saturated carbocycles. The van der Waals surface area contributed by atoms with E-state index in [0.717, 1.165) is 12.1 Å². The fourth-order valence-electron chi connectivity index (χ4n) is 2.05. The Morgan fingerprint density at radius 3 is 2.13 bits per heavy atom. The summed E-state index contributed by atoms with van der Waals surface area (Å²) in [6.45, 7) is 5.25. The maximum atomic E-state index is 12.5. The molecule has 0 aliphatic carbocycles. The van der Waals surface area contributed by atoms with Crippen molar-refractivity contribution in [3.8, 4) is 0 Å². The molecule has 4 nitrogen and oxygen atoms in total. The molecule has 0 fully saturated rings. The zero-order valence-corrected chi connectivity index (χ0v) is 13.3. The van der Waals surface area contributed by atoms with E-state index < -0.39 is 17.8 Å².